The number of nitrogens with zero attached hydrogens (tertiary/aromatic N) is 2. The van der Waals surface area contributed by atoms with Gasteiger partial charge in [0.1, 0.15) is 11.6 Å². The number of aryl methyl sites for hydroxylation is 2. The zero-order chi connectivity index (χ0) is 15.9. The van der Waals surface area contributed by atoms with Crippen molar-refractivity contribution < 1.29 is 17.2 Å². The molecule has 6 nitrogen and oxygen atoms in total. The van der Waals surface area contributed by atoms with Crippen molar-refractivity contribution in [3.63, 3.8) is 0 Å². The lowest BCUT2D eigenvalue weighted by atomic mass is 10.3. The summed E-state index contributed by atoms with van der Waals surface area (Å²) in [7, 11) is -2.80. The van der Waals surface area contributed by atoms with Gasteiger partial charge in [-0.05, 0) is 26.0 Å². The largest absolute Gasteiger partial charge is 0.399 e. The fourth-order valence-corrected chi connectivity index (χ4v) is 3.24. The Morgan fingerprint density at radius 3 is 2.19 bits per heavy atom. The van der Waals surface area contributed by atoms with Gasteiger partial charge in [0.15, 0.2) is 4.90 Å². The summed E-state index contributed by atoms with van der Waals surface area (Å²) in [5, 5.41) is 4.03. The summed E-state index contributed by atoms with van der Waals surface area (Å²) in [6.07, 6.45) is 0. The molecular weight excluding hydrogens is 302 g/mol. The Labute approximate surface area is 120 Å². The van der Waals surface area contributed by atoms with Crippen LogP contribution in [-0.2, 0) is 17.1 Å². The van der Waals surface area contributed by atoms with Crippen LogP contribution in [0.2, 0.25) is 0 Å². The number of anilines is 2. The van der Waals surface area contributed by atoms with Crippen molar-refractivity contribution in [1.29, 1.82) is 0 Å². The molecule has 0 aliphatic rings. The first kappa shape index (κ1) is 15.2. The van der Waals surface area contributed by atoms with E-state index < -0.39 is 26.6 Å². The van der Waals surface area contributed by atoms with E-state index in [0.29, 0.717) is 11.4 Å². The Morgan fingerprint density at radius 1 is 1.24 bits per heavy atom. The second-order valence-electron chi connectivity index (χ2n) is 4.59. The molecule has 0 unspecified atom stereocenters. The van der Waals surface area contributed by atoms with Gasteiger partial charge in [0, 0.05) is 12.7 Å². The molecule has 0 saturated carbocycles. The molecule has 0 fully saturated rings. The van der Waals surface area contributed by atoms with Gasteiger partial charge in [-0.2, -0.15) is 5.10 Å². The van der Waals surface area contributed by atoms with Crippen molar-refractivity contribution in [2.45, 2.75) is 18.7 Å². The maximum atomic E-state index is 13.8. The Morgan fingerprint density at radius 2 is 1.76 bits per heavy atom. The molecule has 0 bridgehead atoms. The molecule has 0 saturated heterocycles. The first-order valence-electron chi connectivity index (χ1n) is 5.91. The smallest absolute Gasteiger partial charge is 0.267 e. The van der Waals surface area contributed by atoms with Crippen LogP contribution < -0.4 is 10.5 Å². The van der Waals surface area contributed by atoms with Gasteiger partial charge in [-0.1, -0.05) is 0 Å². The molecule has 1 aromatic heterocycles. The van der Waals surface area contributed by atoms with Crippen LogP contribution in [0.5, 0.6) is 0 Å². The molecule has 2 aromatic rings. The topological polar surface area (TPSA) is 90.0 Å². The minimum absolute atomic E-state index is 0.188. The summed E-state index contributed by atoms with van der Waals surface area (Å²) in [6.45, 7) is 3.22. The average molecular weight is 316 g/mol. The zero-order valence-electron chi connectivity index (χ0n) is 11.6. The van der Waals surface area contributed by atoms with E-state index in [1.165, 1.54) is 4.68 Å². The van der Waals surface area contributed by atoms with Crippen LogP contribution in [0.15, 0.2) is 17.0 Å². The van der Waals surface area contributed by atoms with Crippen LogP contribution in [0.25, 0.3) is 0 Å². The second kappa shape index (κ2) is 4.99. The van der Waals surface area contributed by atoms with Crippen LogP contribution in [0.3, 0.4) is 0 Å². The summed E-state index contributed by atoms with van der Waals surface area (Å²) in [6, 6.07) is 1.50. The summed E-state index contributed by atoms with van der Waals surface area (Å²) >= 11 is 0. The van der Waals surface area contributed by atoms with Gasteiger partial charge in [-0.3, -0.25) is 9.40 Å². The maximum Gasteiger partial charge on any atom is 0.267 e. The molecule has 0 spiro atoms. The van der Waals surface area contributed by atoms with Gasteiger partial charge in [0.25, 0.3) is 10.0 Å². The number of hydrogen-bond donors (Lipinski definition) is 2. The Bertz CT molecular complexity index is 792. The van der Waals surface area contributed by atoms with Crippen molar-refractivity contribution in [3.8, 4) is 0 Å². The van der Waals surface area contributed by atoms with E-state index in [1.54, 1.807) is 20.9 Å². The van der Waals surface area contributed by atoms with Crippen LogP contribution in [0.4, 0.5) is 20.2 Å². The monoisotopic (exact) mass is 316 g/mol. The predicted molar refractivity (Wildman–Crippen MR) is 74.3 cm³/mol. The number of benzene rings is 1. The van der Waals surface area contributed by atoms with Crippen LogP contribution in [0, 0.1) is 25.5 Å². The van der Waals surface area contributed by atoms with Crippen LogP contribution in [-0.4, -0.2) is 18.2 Å². The molecule has 1 aromatic carbocycles. The Hall–Kier alpha value is -2.16. The third kappa shape index (κ3) is 2.68. The third-order valence-electron chi connectivity index (χ3n) is 3.03. The van der Waals surface area contributed by atoms with Gasteiger partial charge in [-0.25, -0.2) is 17.2 Å². The Balaban J connectivity index is 2.54. The number of nitrogens with one attached hydrogen (secondary N) is 1. The lowest BCUT2D eigenvalue weighted by Crippen LogP contribution is -2.17. The number of nitrogens with two attached hydrogens (primary N) is 1. The summed E-state index contributed by atoms with van der Waals surface area (Å²) in [4.78, 5) is -1.07. The van der Waals surface area contributed by atoms with Crippen molar-refractivity contribution >= 4 is 21.4 Å². The first-order chi connectivity index (χ1) is 9.63. The van der Waals surface area contributed by atoms with Gasteiger partial charge in [0.05, 0.1) is 17.1 Å². The summed E-state index contributed by atoms with van der Waals surface area (Å²) in [5.74, 6) is -2.50. The Kier molecular flexibility index (Phi) is 3.62. The molecule has 0 aliphatic heterocycles. The number of hydrogen-bond acceptors (Lipinski definition) is 4. The highest BCUT2D eigenvalue weighted by molar-refractivity contribution is 7.92. The van der Waals surface area contributed by atoms with Crippen molar-refractivity contribution in [2.24, 2.45) is 7.05 Å². The minimum Gasteiger partial charge on any atom is -0.399 e. The quantitative estimate of drug-likeness (QED) is 0.843. The van der Waals surface area contributed by atoms with E-state index >= 15 is 0 Å². The standard InChI is InChI=1S/C12H14F2N4O2S/c1-6-11(7(2)18(3)16-6)17-21(19,20)12-9(13)4-8(15)5-10(12)14/h4-5,17H,15H2,1-3H3. The molecule has 0 radical (unpaired) electrons. The molecular formula is C12H14F2N4O2S. The van der Waals surface area contributed by atoms with Gasteiger partial charge < -0.3 is 5.73 Å². The molecule has 3 N–H and O–H groups in total. The minimum atomic E-state index is -4.43. The van der Waals surface area contributed by atoms with Crippen molar-refractivity contribution in [3.05, 3.63) is 35.2 Å². The fraction of sp³-hybridized carbons (Fsp3) is 0.250. The fourth-order valence-electron chi connectivity index (χ4n) is 1.94. The van der Waals surface area contributed by atoms with Gasteiger partial charge in [0.2, 0.25) is 0 Å². The van der Waals surface area contributed by atoms with Crippen molar-refractivity contribution in [1.82, 2.24) is 9.78 Å². The van der Waals surface area contributed by atoms with E-state index in [-0.39, 0.29) is 11.4 Å². The van der Waals surface area contributed by atoms with E-state index in [1.807, 2.05) is 0 Å². The molecule has 2 rings (SSSR count). The van der Waals surface area contributed by atoms with E-state index in [0.717, 1.165) is 12.1 Å². The molecule has 114 valence electrons. The normalized spacial score (nSPS) is 11.7. The summed E-state index contributed by atoms with van der Waals surface area (Å²) in [5.41, 5.74) is 6.18. The average Bonchev–Trinajstić information content (AvgIpc) is 2.53. The maximum absolute atomic E-state index is 13.8. The van der Waals surface area contributed by atoms with Crippen LogP contribution in [0.1, 0.15) is 11.4 Å². The number of nitrogen functional groups attached to an aromatic ring is 1. The zero-order valence-corrected chi connectivity index (χ0v) is 12.4. The highest BCUT2D eigenvalue weighted by Gasteiger charge is 2.26. The molecule has 0 atom stereocenters. The number of aromatic nitrogens is 2. The number of rotatable bonds is 3. The SMILES string of the molecule is Cc1nn(C)c(C)c1NS(=O)(=O)c1c(F)cc(N)cc1F. The number of halogens is 2. The van der Waals surface area contributed by atoms with Gasteiger partial charge >= 0.3 is 0 Å². The van der Waals surface area contributed by atoms with E-state index in [9.17, 15) is 17.2 Å². The van der Waals surface area contributed by atoms with E-state index in [4.69, 9.17) is 5.73 Å². The summed E-state index contributed by atoms with van der Waals surface area (Å²) < 4.78 is 55.5. The highest BCUT2D eigenvalue weighted by Crippen LogP contribution is 2.26. The number of sulfonamides is 1. The van der Waals surface area contributed by atoms with E-state index in [2.05, 4.69) is 9.82 Å². The van der Waals surface area contributed by atoms with Crippen LogP contribution >= 0.6 is 0 Å². The third-order valence-corrected chi connectivity index (χ3v) is 4.44. The molecule has 21 heavy (non-hydrogen) atoms. The second-order valence-corrected chi connectivity index (χ2v) is 6.21. The molecule has 0 aliphatic carbocycles. The predicted octanol–water partition coefficient (Wildman–Crippen LogP) is 1.70. The molecule has 1 heterocycles. The lowest BCUT2D eigenvalue weighted by Gasteiger charge is -2.10. The lowest BCUT2D eigenvalue weighted by molar-refractivity contribution is 0.522. The molecule has 9 heteroatoms. The van der Waals surface area contributed by atoms with Crippen molar-refractivity contribution in [2.75, 3.05) is 10.5 Å². The highest BCUT2D eigenvalue weighted by atomic mass is 32.2. The first-order valence-corrected chi connectivity index (χ1v) is 7.39. The van der Waals surface area contributed by atoms with Gasteiger partial charge in [-0.15, -0.1) is 0 Å². The molecule has 0 amide bonds.